The molecular formula is C19H22N2O2. The zero-order valence-electron chi connectivity index (χ0n) is 13.4. The number of hydrogen-bond donors (Lipinski definition) is 1. The van der Waals surface area contributed by atoms with Gasteiger partial charge in [0.15, 0.2) is 0 Å². The van der Waals surface area contributed by atoms with Crippen molar-refractivity contribution in [3.8, 4) is 11.8 Å². The van der Waals surface area contributed by atoms with Crippen LogP contribution >= 0.6 is 0 Å². The average Bonchev–Trinajstić information content (AvgIpc) is 2.56. The molecule has 4 nitrogen and oxygen atoms in total. The third-order valence-electron chi connectivity index (χ3n) is 3.56. The summed E-state index contributed by atoms with van der Waals surface area (Å²) in [5.41, 5.74) is 2.78. The van der Waals surface area contributed by atoms with Gasteiger partial charge in [0, 0.05) is 19.6 Å². The van der Waals surface area contributed by atoms with Crippen LogP contribution in [0.25, 0.3) is 0 Å². The number of nitrogens with zero attached hydrogens (tertiary/aromatic N) is 2. The molecular weight excluding hydrogens is 288 g/mol. The predicted octanol–water partition coefficient (Wildman–Crippen LogP) is 2.95. The van der Waals surface area contributed by atoms with E-state index in [1.165, 1.54) is 0 Å². The van der Waals surface area contributed by atoms with Gasteiger partial charge in [-0.2, -0.15) is 5.26 Å². The Hall–Kier alpha value is -2.35. The molecule has 2 aromatic carbocycles. The summed E-state index contributed by atoms with van der Waals surface area (Å²) in [4.78, 5) is 2.13. The Morgan fingerprint density at radius 1 is 1.13 bits per heavy atom. The Bertz CT molecular complexity index is 664. The lowest BCUT2D eigenvalue weighted by Gasteiger charge is -2.22. The maximum absolute atomic E-state index is 9.33. The third kappa shape index (κ3) is 5.10. The summed E-state index contributed by atoms with van der Waals surface area (Å²) in [7, 11) is 0. The lowest BCUT2D eigenvalue weighted by Crippen LogP contribution is -2.26. The van der Waals surface area contributed by atoms with Gasteiger partial charge < -0.3 is 9.84 Å². The van der Waals surface area contributed by atoms with Gasteiger partial charge in [-0.15, -0.1) is 0 Å². The summed E-state index contributed by atoms with van der Waals surface area (Å²) in [5, 5.41) is 18.5. The van der Waals surface area contributed by atoms with Crippen LogP contribution in [-0.2, 0) is 13.1 Å². The fraction of sp³-hybridized carbons (Fsp3) is 0.316. The number of aliphatic hydroxyl groups is 1. The lowest BCUT2D eigenvalue weighted by molar-refractivity contribution is 0.184. The van der Waals surface area contributed by atoms with E-state index in [0.29, 0.717) is 31.8 Å². The van der Waals surface area contributed by atoms with Crippen molar-refractivity contribution in [2.45, 2.75) is 20.0 Å². The second-order valence-corrected chi connectivity index (χ2v) is 5.28. The van der Waals surface area contributed by atoms with E-state index in [0.717, 1.165) is 16.9 Å². The van der Waals surface area contributed by atoms with Crippen molar-refractivity contribution >= 4 is 0 Å². The first-order chi connectivity index (χ1) is 11.3. The third-order valence-corrected chi connectivity index (χ3v) is 3.56. The number of rotatable bonds is 8. The van der Waals surface area contributed by atoms with Crippen molar-refractivity contribution in [3.05, 3.63) is 65.2 Å². The zero-order chi connectivity index (χ0) is 16.5. The van der Waals surface area contributed by atoms with Crippen LogP contribution in [0, 0.1) is 11.3 Å². The number of benzene rings is 2. The van der Waals surface area contributed by atoms with Crippen LogP contribution in [-0.4, -0.2) is 29.8 Å². The number of ether oxygens (including phenoxy) is 1. The summed E-state index contributed by atoms with van der Waals surface area (Å²) in [5.74, 6) is 0.853. The maximum atomic E-state index is 9.33. The van der Waals surface area contributed by atoms with E-state index in [4.69, 9.17) is 4.74 Å². The summed E-state index contributed by atoms with van der Waals surface area (Å²) in [6, 6.07) is 17.8. The van der Waals surface area contributed by atoms with Gasteiger partial charge in [0.05, 0.1) is 24.8 Å². The Labute approximate surface area is 137 Å². The molecule has 0 heterocycles. The molecule has 4 heteroatoms. The van der Waals surface area contributed by atoms with Gasteiger partial charge in [0.25, 0.3) is 0 Å². The molecule has 0 amide bonds. The predicted molar refractivity (Wildman–Crippen MR) is 90.0 cm³/mol. The highest BCUT2D eigenvalue weighted by atomic mass is 16.5. The maximum Gasteiger partial charge on any atom is 0.119 e. The Kier molecular flexibility index (Phi) is 6.61. The van der Waals surface area contributed by atoms with Gasteiger partial charge in [-0.25, -0.2) is 0 Å². The standard InChI is InChI=1S/C19H22N2O2/c1-2-23-19-9-5-6-16(12-19)14-21(10-11-22)15-18-8-4-3-7-17(18)13-20/h3-9,12,22H,2,10-11,14-15H2,1H3. The molecule has 1 N–H and O–H groups in total. The second kappa shape index (κ2) is 8.94. The van der Waals surface area contributed by atoms with Crippen molar-refractivity contribution in [3.63, 3.8) is 0 Å². The zero-order valence-corrected chi connectivity index (χ0v) is 13.4. The molecule has 0 aliphatic rings. The van der Waals surface area contributed by atoms with E-state index in [1.54, 1.807) is 0 Å². The molecule has 0 fully saturated rings. The van der Waals surface area contributed by atoms with Gasteiger partial charge >= 0.3 is 0 Å². The van der Waals surface area contributed by atoms with E-state index < -0.39 is 0 Å². The van der Waals surface area contributed by atoms with Crippen molar-refractivity contribution in [1.82, 2.24) is 4.90 Å². The molecule has 0 radical (unpaired) electrons. The molecule has 0 atom stereocenters. The molecule has 23 heavy (non-hydrogen) atoms. The van der Waals surface area contributed by atoms with Gasteiger partial charge in [-0.1, -0.05) is 30.3 Å². The number of hydrogen-bond acceptors (Lipinski definition) is 4. The molecule has 0 spiro atoms. The minimum Gasteiger partial charge on any atom is -0.494 e. The number of aliphatic hydroxyl groups excluding tert-OH is 1. The van der Waals surface area contributed by atoms with Crippen LogP contribution in [0.1, 0.15) is 23.6 Å². The van der Waals surface area contributed by atoms with Gasteiger partial charge in [0.2, 0.25) is 0 Å². The Morgan fingerprint density at radius 3 is 2.70 bits per heavy atom. The fourth-order valence-electron chi connectivity index (χ4n) is 2.52. The molecule has 120 valence electrons. The summed E-state index contributed by atoms with van der Waals surface area (Å²) in [6.45, 7) is 4.56. The Balaban J connectivity index is 2.12. The van der Waals surface area contributed by atoms with Crippen LogP contribution in [0.4, 0.5) is 0 Å². The SMILES string of the molecule is CCOc1cccc(CN(CCO)Cc2ccccc2C#N)c1. The van der Waals surface area contributed by atoms with Crippen molar-refractivity contribution in [1.29, 1.82) is 5.26 Å². The highest BCUT2D eigenvalue weighted by molar-refractivity contribution is 5.37. The van der Waals surface area contributed by atoms with Gasteiger partial charge in [-0.3, -0.25) is 4.90 Å². The van der Waals surface area contributed by atoms with Crippen LogP contribution in [0.5, 0.6) is 5.75 Å². The van der Waals surface area contributed by atoms with Crippen LogP contribution in [0.3, 0.4) is 0 Å². The van der Waals surface area contributed by atoms with Crippen molar-refractivity contribution in [2.24, 2.45) is 0 Å². The van der Waals surface area contributed by atoms with E-state index in [9.17, 15) is 10.4 Å². The first-order valence-corrected chi connectivity index (χ1v) is 7.79. The Morgan fingerprint density at radius 2 is 1.96 bits per heavy atom. The van der Waals surface area contributed by atoms with Crippen LogP contribution in [0.2, 0.25) is 0 Å². The van der Waals surface area contributed by atoms with Crippen molar-refractivity contribution in [2.75, 3.05) is 19.8 Å². The second-order valence-electron chi connectivity index (χ2n) is 5.28. The normalized spacial score (nSPS) is 10.5. The highest BCUT2D eigenvalue weighted by Gasteiger charge is 2.10. The van der Waals surface area contributed by atoms with E-state index in [-0.39, 0.29) is 6.61 Å². The molecule has 0 aromatic heterocycles. The molecule has 2 rings (SSSR count). The fourth-order valence-corrected chi connectivity index (χ4v) is 2.52. The highest BCUT2D eigenvalue weighted by Crippen LogP contribution is 2.17. The van der Waals surface area contributed by atoms with Crippen LogP contribution < -0.4 is 4.74 Å². The van der Waals surface area contributed by atoms with E-state index >= 15 is 0 Å². The quantitative estimate of drug-likeness (QED) is 0.814. The minimum atomic E-state index is 0.0832. The largest absolute Gasteiger partial charge is 0.494 e. The molecule has 0 saturated carbocycles. The smallest absolute Gasteiger partial charge is 0.119 e. The summed E-state index contributed by atoms with van der Waals surface area (Å²) in [6.07, 6.45) is 0. The van der Waals surface area contributed by atoms with E-state index in [2.05, 4.69) is 11.0 Å². The summed E-state index contributed by atoms with van der Waals surface area (Å²) >= 11 is 0. The van der Waals surface area contributed by atoms with Crippen molar-refractivity contribution < 1.29 is 9.84 Å². The monoisotopic (exact) mass is 310 g/mol. The molecule has 2 aromatic rings. The van der Waals surface area contributed by atoms with Crippen LogP contribution in [0.15, 0.2) is 48.5 Å². The molecule has 0 unspecified atom stereocenters. The minimum absolute atomic E-state index is 0.0832. The van der Waals surface area contributed by atoms with Gasteiger partial charge in [-0.05, 0) is 36.2 Å². The summed E-state index contributed by atoms with van der Waals surface area (Å²) < 4.78 is 5.53. The van der Waals surface area contributed by atoms with E-state index in [1.807, 2.05) is 55.5 Å². The first-order valence-electron chi connectivity index (χ1n) is 7.79. The molecule has 0 aliphatic heterocycles. The molecule has 0 bridgehead atoms. The topological polar surface area (TPSA) is 56.5 Å². The lowest BCUT2D eigenvalue weighted by atomic mass is 10.1. The molecule has 0 aliphatic carbocycles. The number of nitriles is 1. The van der Waals surface area contributed by atoms with Gasteiger partial charge in [0.1, 0.15) is 5.75 Å². The average molecular weight is 310 g/mol. The molecule has 0 saturated heterocycles. The first kappa shape index (κ1) is 17.0.